The van der Waals surface area contributed by atoms with E-state index in [0.29, 0.717) is 0 Å². The van der Waals surface area contributed by atoms with Crippen molar-refractivity contribution in [3.05, 3.63) is 59.3 Å². The topological polar surface area (TPSA) is 36.1 Å². The third kappa shape index (κ3) is 2.18. The monoisotopic (exact) mass is 334 g/mol. The van der Waals surface area contributed by atoms with E-state index in [0.717, 1.165) is 12.1 Å². The van der Waals surface area contributed by atoms with E-state index >= 15 is 0 Å². The summed E-state index contributed by atoms with van der Waals surface area (Å²) in [7, 11) is 5.94. The first kappa shape index (κ1) is 15.1. The van der Waals surface area contributed by atoms with Crippen molar-refractivity contribution in [2.45, 2.75) is 6.42 Å². The van der Waals surface area contributed by atoms with Crippen molar-refractivity contribution in [3.8, 4) is 11.1 Å². The van der Waals surface area contributed by atoms with Crippen LogP contribution in [0.2, 0.25) is 0 Å². The highest BCUT2D eigenvalue weighted by Gasteiger charge is 2.24. The van der Waals surface area contributed by atoms with Crippen molar-refractivity contribution in [1.82, 2.24) is 5.32 Å². The van der Waals surface area contributed by atoms with Crippen LogP contribution in [-0.4, -0.2) is 21.1 Å². The van der Waals surface area contributed by atoms with Crippen LogP contribution in [-0.2, 0) is 6.42 Å². The molecule has 24 heavy (non-hydrogen) atoms. The molecule has 0 aliphatic heterocycles. The molecule has 1 radical (unpaired) electrons. The third-order valence-corrected chi connectivity index (χ3v) is 5.72. The van der Waals surface area contributed by atoms with E-state index in [1.54, 1.807) is 11.3 Å². The molecule has 0 spiro atoms. The van der Waals surface area contributed by atoms with Gasteiger partial charge in [-0.15, -0.1) is 11.3 Å². The number of nitrogens with one attached hydrogen (secondary N) is 3. The lowest BCUT2D eigenvalue weighted by molar-refractivity contribution is 0.938. The maximum absolute atomic E-state index is 3.52. The molecule has 0 atom stereocenters. The summed E-state index contributed by atoms with van der Waals surface area (Å²) < 4.78 is 1.28. The quantitative estimate of drug-likeness (QED) is 0.659. The summed E-state index contributed by atoms with van der Waals surface area (Å²) in [6, 6.07) is 12.9. The van der Waals surface area contributed by atoms with E-state index in [1.807, 2.05) is 21.1 Å². The van der Waals surface area contributed by atoms with Gasteiger partial charge in [0.15, 0.2) is 0 Å². The molecule has 0 amide bonds. The number of allylic oxidation sites excluding steroid dienone is 1. The third-order valence-electron chi connectivity index (χ3n) is 4.57. The largest absolute Gasteiger partial charge is 0.391 e. The van der Waals surface area contributed by atoms with Gasteiger partial charge in [0.05, 0.1) is 5.69 Å². The lowest BCUT2D eigenvalue weighted by Gasteiger charge is -2.13. The first-order valence-corrected chi connectivity index (χ1v) is 8.92. The van der Waals surface area contributed by atoms with E-state index in [2.05, 4.69) is 58.4 Å². The number of benzene rings is 2. The summed E-state index contributed by atoms with van der Waals surface area (Å²) in [4.78, 5) is 0. The highest BCUT2D eigenvalue weighted by molar-refractivity contribution is 7.23. The minimum absolute atomic E-state index is 0.903. The van der Waals surface area contributed by atoms with Gasteiger partial charge in [0.2, 0.25) is 0 Å². The van der Waals surface area contributed by atoms with Crippen LogP contribution in [0.4, 0.5) is 10.7 Å². The maximum Gasteiger partial charge on any atom is 0.113 e. The molecular formula is C20H20N3S. The highest BCUT2D eigenvalue weighted by Crippen LogP contribution is 2.48. The van der Waals surface area contributed by atoms with Gasteiger partial charge in [-0.1, -0.05) is 30.3 Å². The Balaban J connectivity index is 2.10. The zero-order chi connectivity index (χ0) is 16.7. The molecule has 2 aromatic carbocycles. The molecule has 0 fully saturated rings. The SMILES string of the molecule is CNC1=[C]c2cc3sc(NC)c(NC)c3c(-c3ccccc3)c2C1. The van der Waals surface area contributed by atoms with Gasteiger partial charge >= 0.3 is 0 Å². The van der Waals surface area contributed by atoms with Gasteiger partial charge < -0.3 is 16.0 Å². The minimum atomic E-state index is 0.903. The van der Waals surface area contributed by atoms with Gasteiger partial charge in [-0.2, -0.15) is 0 Å². The van der Waals surface area contributed by atoms with Gasteiger partial charge in [0.25, 0.3) is 0 Å². The molecule has 4 heteroatoms. The fourth-order valence-corrected chi connectivity index (χ4v) is 4.58. The summed E-state index contributed by atoms with van der Waals surface area (Å²) in [5, 5.41) is 12.5. The van der Waals surface area contributed by atoms with Crippen LogP contribution in [0.25, 0.3) is 21.2 Å². The summed E-state index contributed by atoms with van der Waals surface area (Å²) in [6.45, 7) is 0. The van der Waals surface area contributed by atoms with Crippen LogP contribution in [0, 0.1) is 6.08 Å². The fourth-order valence-electron chi connectivity index (χ4n) is 3.47. The van der Waals surface area contributed by atoms with Crippen LogP contribution >= 0.6 is 11.3 Å². The van der Waals surface area contributed by atoms with Crippen LogP contribution < -0.4 is 16.0 Å². The smallest absolute Gasteiger partial charge is 0.113 e. The first-order chi connectivity index (χ1) is 11.8. The molecule has 3 nitrogen and oxygen atoms in total. The van der Waals surface area contributed by atoms with Crippen LogP contribution in [0.3, 0.4) is 0 Å². The number of hydrogen-bond acceptors (Lipinski definition) is 4. The second-order valence-corrected chi connectivity index (χ2v) is 6.91. The predicted molar refractivity (Wildman–Crippen MR) is 105 cm³/mol. The molecule has 1 aliphatic carbocycles. The molecule has 0 bridgehead atoms. The van der Waals surface area contributed by atoms with Crippen molar-refractivity contribution in [2.24, 2.45) is 0 Å². The number of likely N-dealkylation sites (N-methyl/N-ethyl adjacent to an activating group) is 1. The molecule has 3 N–H and O–H groups in total. The first-order valence-electron chi connectivity index (χ1n) is 8.10. The molecule has 0 saturated carbocycles. The van der Waals surface area contributed by atoms with Gasteiger partial charge in [0.1, 0.15) is 5.00 Å². The lowest BCUT2D eigenvalue weighted by atomic mass is 9.92. The van der Waals surface area contributed by atoms with E-state index in [9.17, 15) is 0 Å². The molecule has 0 unspecified atom stereocenters. The van der Waals surface area contributed by atoms with E-state index in [4.69, 9.17) is 0 Å². The van der Waals surface area contributed by atoms with Crippen LogP contribution in [0.1, 0.15) is 11.1 Å². The van der Waals surface area contributed by atoms with Gasteiger partial charge in [-0.3, -0.25) is 0 Å². The Kier molecular flexibility index (Phi) is 3.69. The fraction of sp³-hybridized carbons (Fsp3) is 0.200. The Morgan fingerprint density at radius 2 is 1.79 bits per heavy atom. The number of anilines is 2. The van der Waals surface area contributed by atoms with Crippen molar-refractivity contribution in [2.75, 3.05) is 31.8 Å². The Hall–Kier alpha value is -2.46. The number of fused-ring (bicyclic) bond motifs is 2. The van der Waals surface area contributed by atoms with E-state index < -0.39 is 0 Å². The second kappa shape index (κ2) is 5.87. The predicted octanol–water partition coefficient (Wildman–Crippen LogP) is 4.46. The molecule has 1 heterocycles. The second-order valence-electron chi connectivity index (χ2n) is 5.85. The zero-order valence-electron chi connectivity index (χ0n) is 14.1. The molecule has 4 rings (SSSR count). The van der Waals surface area contributed by atoms with E-state index in [1.165, 1.54) is 43.0 Å². The normalized spacial score (nSPS) is 12.9. The zero-order valence-corrected chi connectivity index (χ0v) is 14.9. The number of rotatable bonds is 4. The average molecular weight is 334 g/mol. The number of hydrogen-bond donors (Lipinski definition) is 3. The maximum atomic E-state index is 3.52. The molecule has 1 aromatic heterocycles. The Bertz CT molecular complexity index is 939. The molecule has 121 valence electrons. The van der Waals surface area contributed by atoms with E-state index in [-0.39, 0.29) is 0 Å². The van der Waals surface area contributed by atoms with Crippen molar-refractivity contribution in [1.29, 1.82) is 0 Å². The van der Waals surface area contributed by atoms with Crippen molar-refractivity contribution >= 4 is 32.1 Å². The molecule has 0 saturated heterocycles. The summed E-state index contributed by atoms with van der Waals surface area (Å²) in [5.41, 5.74) is 7.47. The van der Waals surface area contributed by atoms with Crippen molar-refractivity contribution in [3.63, 3.8) is 0 Å². The van der Waals surface area contributed by atoms with Gasteiger partial charge in [-0.05, 0) is 28.3 Å². The Morgan fingerprint density at radius 3 is 2.46 bits per heavy atom. The standard InChI is InChI=1S/C20H20N3S/c1-21-14-9-13-10-16-18(19(22-2)20(23-3)24-16)17(15(13)11-14)12-7-5-4-6-8-12/h4-8,10,21-23H,11H2,1-3H3. The molecule has 1 aliphatic rings. The van der Waals surface area contributed by atoms with Crippen LogP contribution in [0.15, 0.2) is 42.1 Å². The molecular weight excluding hydrogens is 314 g/mol. The van der Waals surface area contributed by atoms with Gasteiger partial charge in [-0.25, -0.2) is 0 Å². The number of thiophene rings is 1. The summed E-state index contributed by atoms with van der Waals surface area (Å²) in [5.74, 6) is 0. The molecule has 3 aromatic rings. The van der Waals surface area contributed by atoms with Crippen molar-refractivity contribution < 1.29 is 0 Å². The Labute approximate surface area is 146 Å². The summed E-state index contributed by atoms with van der Waals surface area (Å²) >= 11 is 1.79. The Morgan fingerprint density at radius 1 is 1.00 bits per heavy atom. The minimum Gasteiger partial charge on any atom is -0.391 e. The lowest BCUT2D eigenvalue weighted by Crippen LogP contribution is -2.05. The average Bonchev–Trinajstić information content (AvgIpc) is 3.20. The van der Waals surface area contributed by atoms with Gasteiger partial charge in [0, 0.05) is 49.4 Å². The summed E-state index contributed by atoms with van der Waals surface area (Å²) in [6.07, 6.45) is 4.43. The highest BCUT2D eigenvalue weighted by atomic mass is 32.1. The van der Waals surface area contributed by atoms with Crippen LogP contribution in [0.5, 0.6) is 0 Å².